The van der Waals surface area contributed by atoms with Crippen molar-refractivity contribution < 1.29 is 22.7 Å². The molecular formula is C18H21N3O5S2. The Bertz CT molecular complexity index is 1010. The average molecular weight is 424 g/mol. The fourth-order valence-electron chi connectivity index (χ4n) is 3.17. The number of nitrogens with zero attached hydrogens (tertiary/aromatic N) is 2. The highest BCUT2D eigenvalue weighted by molar-refractivity contribution is 7.90. The molecule has 1 amide bonds. The highest BCUT2D eigenvalue weighted by Crippen LogP contribution is 2.36. The van der Waals surface area contributed by atoms with Crippen molar-refractivity contribution >= 4 is 32.4 Å². The highest BCUT2D eigenvalue weighted by Gasteiger charge is 2.41. The van der Waals surface area contributed by atoms with E-state index in [1.165, 1.54) is 25.6 Å². The summed E-state index contributed by atoms with van der Waals surface area (Å²) in [5.74, 6) is 0.699. The Morgan fingerprint density at radius 3 is 2.68 bits per heavy atom. The minimum atomic E-state index is -3.20. The van der Waals surface area contributed by atoms with E-state index in [-0.39, 0.29) is 11.2 Å². The highest BCUT2D eigenvalue weighted by atomic mass is 32.2. The van der Waals surface area contributed by atoms with E-state index in [0.717, 1.165) is 23.4 Å². The van der Waals surface area contributed by atoms with Crippen LogP contribution in [0, 0.1) is 0 Å². The van der Waals surface area contributed by atoms with E-state index >= 15 is 0 Å². The smallest absolute Gasteiger partial charge is 0.257 e. The molecule has 1 aliphatic carbocycles. The Kier molecular flexibility index (Phi) is 5.02. The molecule has 4 rings (SSSR count). The summed E-state index contributed by atoms with van der Waals surface area (Å²) in [5, 5.41) is 3.05. The van der Waals surface area contributed by atoms with E-state index in [9.17, 15) is 13.2 Å². The van der Waals surface area contributed by atoms with Crippen molar-refractivity contribution in [1.82, 2.24) is 9.29 Å². The minimum Gasteiger partial charge on any atom is -0.493 e. The molecule has 1 aromatic carbocycles. The maximum absolute atomic E-state index is 12.6. The van der Waals surface area contributed by atoms with Gasteiger partial charge in [0.2, 0.25) is 10.0 Å². The van der Waals surface area contributed by atoms with Gasteiger partial charge in [-0.2, -0.15) is 4.31 Å². The second-order valence-corrected chi connectivity index (χ2v) is 10.0. The summed E-state index contributed by atoms with van der Waals surface area (Å²) >= 11 is 1.32. The van der Waals surface area contributed by atoms with Gasteiger partial charge in [0.15, 0.2) is 16.6 Å². The van der Waals surface area contributed by atoms with Crippen LogP contribution < -0.4 is 14.8 Å². The molecule has 1 aromatic heterocycles. The van der Waals surface area contributed by atoms with Gasteiger partial charge in [0.05, 0.1) is 25.2 Å². The van der Waals surface area contributed by atoms with E-state index in [1.54, 1.807) is 22.5 Å². The van der Waals surface area contributed by atoms with Gasteiger partial charge < -0.3 is 9.47 Å². The van der Waals surface area contributed by atoms with Gasteiger partial charge >= 0.3 is 0 Å². The first kappa shape index (κ1) is 19.2. The van der Waals surface area contributed by atoms with Crippen molar-refractivity contribution in [2.24, 2.45) is 0 Å². The maximum atomic E-state index is 12.6. The fourth-order valence-corrected chi connectivity index (χ4v) is 6.08. The fraction of sp³-hybridized carbons (Fsp3) is 0.444. The summed E-state index contributed by atoms with van der Waals surface area (Å²) in [5.41, 5.74) is 1.28. The van der Waals surface area contributed by atoms with Crippen LogP contribution in [-0.2, 0) is 23.0 Å². The van der Waals surface area contributed by atoms with Crippen LogP contribution in [-0.4, -0.2) is 49.6 Å². The zero-order valence-corrected chi connectivity index (χ0v) is 17.2. The summed E-state index contributed by atoms with van der Waals surface area (Å²) in [7, 11) is -0.162. The van der Waals surface area contributed by atoms with Gasteiger partial charge in [-0.1, -0.05) is 0 Å². The third-order valence-electron chi connectivity index (χ3n) is 4.87. The number of amides is 1. The van der Waals surface area contributed by atoms with Gasteiger partial charge in [-0.25, -0.2) is 13.4 Å². The Hall–Kier alpha value is -2.17. The van der Waals surface area contributed by atoms with E-state index in [1.807, 2.05) is 0 Å². The van der Waals surface area contributed by atoms with Gasteiger partial charge in [-0.3, -0.25) is 10.1 Å². The lowest BCUT2D eigenvalue weighted by Crippen LogP contribution is -2.37. The molecule has 2 heterocycles. The summed E-state index contributed by atoms with van der Waals surface area (Å²) in [6.45, 7) is 0.774. The molecule has 28 heavy (non-hydrogen) atoms. The number of benzene rings is 1. The van der Waals surface area contributed by atoms with Crippen molar-refractivity contribution in [2.75, 3.05) is 26.1 Å². The van der Waals surface area contributed by atoms with Crippen LogP contribution in [0.5, 0.6) is 11.5 Å². The van der Waals surface area contributed by atoms with E-state index in [4.69, 9.17) is 9.47 Å². The standard InChI is InChI=1S/C18H21N3O5S2/c1-25-14-6-3-11(9-15(14)26-2)17(22)20-18-19-13-7-8-21(10-16(13)27-18)28(23,24)12-4-5-12/h3,6,9,12H,4-5,7-8,10H2,1-2H3,(H,19,20,22). The number of anilines is 1. The minimum absolute atomic E-state index is 0.216. The molecule has 2 aliphatic rings. The Morgan fingerprint density at radius 1 is 1.25 bits per heavy atom. The molecule has 0 atom stereocenters. The number of hydrogen-bond acceptors (Lipinski definition) is 7. The lowest BCUT2D eigenvalue weighted by molar-refractivity contribution is 0.102. The molecule has 0 radical (unpaired) electrons. The third kappa shape index (κ3) is 3.59. The van der Waals surface area contributed by atoms with Crippen LogP contribution >= 0.6 is 11.3 Å². The van der Waals surface area contributed by atoms with Crippen molar-refractivity contribution in [3.63, 3.8) is 0 Å². The Balaban J connectivity index is 1.48. The predicted molar refractivity (Wildman–Crippen MR) is 106 cm³/mol. The molecule has 10 heteroatoms. The first-order valence-corrected chi connectivity index (χ1v) is 11.2. The maximum Gasteiger partial charge on any atom is 0.257 e. The largest absolute Gasteiger partial charge is 0.493 e. The molecule has 1 fully saturated rings. The number of methoxy groups -OCH3 is 2. The first-order chi connectivity index (χ1) is 13.4. The SMILES string of the molecule is COc1ccc(C(=O)Nc2nc3c(s2)CN(S(=O)(=O)C2CC2)CC3)cc1OC. The van der Waals surface area contributed by atoms with Crippen molar-refractivity contribution in [1.29, 1.82) is 0 Å². The number of carbonyl (C=O) groups is 1. The topological polar surface area (TPSA) is 97.8 Å². The van der Waals surface area contributed by atoms with Crippen molar-refractivity contribution in [3.05, 3.63) is 34.3 Å². The summed E-state index contributed by atoms with van der Waals surface area (Å²) < 4.78 is 36.9. The quantitative estimate of drug-likeness (QED) is 0.765. The second kappa shape index (κ2) is 7.34. The van der Waals surface area contributed by atoms with Crippen molar-refractivity contribution in [3.8, 4) is 11.5 Å². The second-order valence-electron chi connectivity index (χ2n) is 6.74. The summed E-state index contributed by atoms with van der Waals surface area (Å²) in [4.78, 5) is 17.9. The number of thiazole rings is 1. The van der Waals surface area contributed by atoms with E-state index < -0.39 is 10.0 Å². The monoisotopic (exact) mass is 423 g/mol. The molecule has 0 spiro atoms. The summed E-state index contributed by atoms with van der Waals surface area (Å²) in [6.07, 6.45) is 2.06. The number of fused-ring (bicyclic) bond motifs is 1. The zero-order valence-electron chi connectivity index (χ0n) is 15.6. The third-order valence-corrected chi connectivity index (χ3v) is 8.21. The molecule has 1 N–H and O–H groups in total. The number of rotatable bonds is 6. The number of carbonyl (C=O) groups excluding carboxylic acids is 1. The molecule has 8 nitrogen and oxygen atoms in total. The van der Waals surface area contributed by atoms with Crippen molar-refractivity contribution in [2.45, 2.75) is 31.1 Å². The zero-order chi connectivity index (χ0) is 19.9. The molecule has 150 valence electrons. The van der Waals surface area contributed by atoms with Gasteiger partial charge in [-0.15, -0.1) is 11.3 Å². The lowest BCUT2D eigenvalue weighted by atomic mass is 10.2. The molecule has 1 aliphatic heterocycles. The van der Waals surface area contributed by atoms with Gasteiger partial charge in [-0.05, 0) is 31.0 Å². The van der Waals surface area contributed by atoms with Crippen LogP contribution in [0.3, 0.4) is 0 Å². The van der Waals surface area contributed by atoms with Crippen LogP contribution in [0.4, 0.5) is 5.13 Å². The molecule has 0 bridgehead atoms. The predicted octanol–water partition coefficient (Wildman–Crippen LogP) is 2.26. The van der Waals surface area contributed by atoms with Crippen LogP contribution in [0.2, 0.25) is 0 Å². The number of sulfonamides is 1. The van der Waals surface area contributed by atoms with Gasteiger partial charge in [0, 0.05) is 30.0 Å². The molecule has 2 aromatic rings. The van der Waals surface area contributed by atoms with Crippen LogP contribution in [0.15, 0.2) is 18.2 Å². The van der Waals surface area contributed by atoms with E-state index in [2.05, 4.69) is 10.3 Å². The molecule has 0 unspecified atom stereocenters. The Morgan fingerprint density at radius 2 is 2.00 bits per heavy atom. The molecule has 1 saturated carbocycles. The lowest BCUT2D eigenvalue weighted by Gasteiger charge is -2.25. The normalized spacial score (nSPS) is 17.1. The van der Waals surface area contributed by atoms with Crippen LogP contribution in [0.25, 0.3) is 0 Å². The molecule has 0 saturated heterocycles. The Labute approximate surface area is 167 Å². The molecular weight excluding hydrogens is 402 g/mol. The number of ether oxygens (including phenoxy) is 2. The number of nitrogens with one attached hydrogen (secondary N) is 1. The van der Waals surface area contributed by atoms with Gasteiger partial charge in [0.1, 0.15) is 0 Å². The van der Waals surface area contributed by atoms with Crippen LogP contribution in [0.1, 0.15) is 33.8 Å². The first-order valence-electron chi connectivity index (χ1n) is 8.93. The number of hydrogen-bond donors (Lipinski definition) is 1. The average Bonchev–Trinajstić information content (AvgIpc) is 3.48. The number of aromatic nitrogens is 1. The van der Waals surface area contributed by atoms with E-state index in [0.29, 0.717) is 41.7 Å². The van der Waals surface area contributed by atoms with Gasteiger partial charge in [0.25, 0.3) is 5.91 Å². The summed E-state index contributed by atoms with van der Waals surface area (Å²) in [6, 6.07) is 4.92.